The normalized spacial score (nSPS) is 11.7. The van der Waals surface area contributed by atoms with Gasteiger partial charge in [0.15, 0.2) is 0 Å². The number of carbonyl (C=O) groups excluding carboxylic acids is 1. The van der Waals surface area contributed by atoms with Gasteiger partial charge in [-0.1, -0.05) is 11.6 Å². The molecule has 1 N–H and O–H groups in total. The van der Waals surface area contributed by atoms with Gasteiger partial charge in [0.2, 0.25) is 5.91 Å². The van der Waals surface area contributed by atoms with Gasteiger partial charge in [0.25, 0.3) is 0 Å². The number of pyridine rings is 1. The van der Waals surface area contributed by atoms with Crippen LogP contribution in [0.3, 0.4) is 0 Å². The van der Waals surface area contributed by atoms with Crippen LogP contribution in [0.1, 0.15) is 29.4 Å². The maximum absolute atomic E-state index is 12.4. The first-order chi connectivity index (χ1) is 12.8. The summed E-state index contributed by atoms with van der Waals surface area (Å²) in [7, 11) is 1.62. The minimum absolute atomic E-state index is 0.276. The average Bonchev–Trinajstić information content (AvgIpc) is 2.92. The monoisotopic (exact) mass is 384 g/mol. The fraction of sp³-hybridized carbons (Fsp3) is 0.238. The van der Waals surface area contributed by atoms with E-state index in [0.29, 0.717) is 16.6 Å². The van der Waals surface area contributed by atoms with Gasteiger partial charge in [-0.25, -0.2) is 4.98 Å². The van der Waals surface area contributed by atoms with Crippen LogP contribution in [0.2, 0.25) is 5.02 Å². The summed E-state index contributed by atoms with van der Waals surface area (Å²) in [5.74, 6) is 1.73. The number of anilines is 1. The Morgan fingerprint density at radius 1 is 1.26 bits per heavy atom. The van der Waals surface area contributed by atoms with Crippen molar-refractivity contribution in [2.45, 2.75) is 27.7 Å². The van der Waals surface area contributed by atoms with E-state index >= 15 is 0 Å². The van der Waals surface area contributed by atoms with Crippen LogP contribution in [0.15, 0.2) is 34.9 Å². The fourth-order valence-electron chi connectivity index (χ4n) is 3.05. The molecule has 3 rings (SSSR count). The number of halogens is 1. The van der Waals surface area contributed by atoms with Crippen molar-refractivity contribution in [3.63, 3.8) is 0 Å². The summed E-state index contributed by atoms with van der Waals surface area (Å²) in [4.78, 5) is 16.5. The number of nitrogens with zero attached hydrogens (tertiary/aromatic N) is 1. The molecule has 0 atom stereocenters. The zero-order valence-electron chi connectivity index (χ0n) is 15.9. The van der Waals surface area contributed by atoms with E-state index < -0.39 is 0 Å². The molecule has 0 bridgehead atoms. The molecule has 3 aromatic rings. The van der Waals surface area contributed by atoms with Crippen LogP contribution in [-0.4, -0.2) is 18.0 Å². The maximum atomic E-state index is 12.4. The molecule has 0 saturated carbocycles. The number of hydrogen-bond donors (Lipinski definition) is 1. The quantitative estimate of drug-likeness (QED) is 0.607. The molecule has 27 heavy (non-hydrogen) atoms. The van der Waals surface area contributed by atoms with E-state index in [2.05, 4.69) is 10.3 Å². The molecule has 0 saturated heterocycles. The third kappa shape index (κ3) is 3.69. The van der Waals surface area contributed by atoms with Crippen molar-refractivity contribution in [3.05, 3.63) is 57.9 Å². The highest BCUT2D eigenvalue weighted by Crippen LogP contribution is 2.38. The SMILES string of the molecule is COc1c(/C(C)=C/C(=O)Nc2ccc(Cl)cn2)cc2c(C)c(C)oc2c1C. The van der Waals surface area contributed by atoms with Gasteiger partial charge in [-0.05, 0) is 57.0 Å². The number of nitrogens with one attached hydrogen (secondary N) is 1. The van der Waals surface area contributed by atoms with E-state index in [1.807, 2.05) is 33.8 Å². The lowest BCUT2D eigenvalue weighted by Gasteiger charge is -2.13. The van der Waals surface area contributed by atoms with Gasteiger partial charge < -0.3 is 14.5 Å². The number of methoxy groups -OCH3 is 1. The van der Waals surface area contributed by atoms with Crippen LogP contribution in [0, 0.1) is 20.8 Å². The summed E-state index contributed by atoms with van der Waals surface area (Å²) in [5, 5.41) is 4.26. The Morgan fingerprint density at radius 3 is 2.63 bits per heavy atom. The number of hydrogen-bond acceptors (Lipinski definition) is 4. The molecular weight excluding hydrogens is 364 g/mol. The smallest absolute Gasteiger partial charge is 0.249 e. The van der Waals surface area contributed by atoms with E-state index in [1.54, 1.807) is 19.2 Å². The summed E-state index contributed by atoms with van der Waals surface area (Å²) in [6, 6.07) is 5.33. The summed E-state index contributed by atoms with van der Waals surface area (Å²) in [6.07, 6.45) is 3.01. The largest absolute Gasteiger partial charge is 0.496 e. The van der Waals surface area contributed by atoms with Crippen LogP contribution in [0.25, 0.3) is 16.5 Å². The molecule has 0 aliphatic heterocycles. The van der Waals surface area contributed by atoms with Gasteiger partial charge in [-0.2, -0.15) is 0 Å². The number of benzene rings is 1. The van der Waals surface area contributed by atoms with Gasteiger partial charge in [-0.15, -0.1) is 0 Å². The number of amides is 1. The fourth-order valence-corrected chi connectivity index (χ4v) is 3.17. The standard InChI is InChI=1S/C21H21ClN2O3/c1-11(8-19(25)24-18-7-6-15(22)10-23-18)16-9-17-12(2)14(4)27-21(17)13(3)20(16)26-5/h6-10H,1-5H3,(H,23,24,25)/b11-8+. The van der Waals surface area contributed by atoms with Crippen LogP contribution < -0.4 is 10.1 Å². The van der Waals surface area contributed by atoms with Crippen LogP contribution in [0.5, 0.6) is 5.75 Å². The molecule has 0 aliphatic rings. The zero-order chi connectivity index (χ0) is 19.7. The first-order valence-electron chi connectivity index (χ1n) is 8.50. The summed E-state index contributed by atoms with van der Waals surface area (Å²) in [6.45, 7) is 7.79. The number of ether oxygens (including phenoxy) is 1. The number of allylic oxidation sites excluding steroid dienone is 1. The van der Waals surface area contributed by atoms with Crippen molar-refractivity contribution in [2.24, 2.45) is 0 Å². The minimum atomic E-state index is -0.276. The number of aromatic nitrogens is 1. The summed E-state index contributed by atoms with van der Waals surface area (Å²) in [5.41, 5.74) is 4.44. The first kappa shape index (κ1) is 19.0. The molecule has 2 aromatic heterocycles. The Kier molecular flexibility index (Phi) is 5.24. The number of aryl methyl sites for hydroxylation is 3. The molecule has 1 amide bonds. The van der Waals surface area contributed by atoms with Crippen molar-refractivity contribution < 1.29 is 13.9 Å². The van der Waals surface area contributed by atoms with E-state index in [1.165, 1.54) is 12.3 Å². The first-order valence-corrected chi connectivity index (χ1v) is 8.88. The molecular formula is C21H21ClN2O3. The van der Waals surface area contributed by atoms with Crippen molar-refractivity contribution >= 4 is 39.9 Å². The third-order valence-corrected chi connectivity index (χ3v) is 4.83. The van der Waals surface area contributed by atoms with Gasteiger partial charge in [-0.3, -0.25) is 4.79 Å². The number of fused-ring (bicyclic) bond motifs is 1. The minimum Gasteiger partial charge on any atom is -0.496 e. The van der Waals surface area contributed by atoms with Gasteiger partial charge in [0.05, 0.1) is 12.1 Å². The van der Waals surface area contributed by atoms with Gasteiger partial charge in [0.1, 0.15) is 22.9 Å². The molecule has 0 spiro atoms. The lowest BCUT2D eigenvalue weighted by atomic mass is 9.98. The molecule has 1 aromatic carbocycles. The van der Waals surface area contributed by atoms with Gasteiger partial charge >= 0.3 is 0 Å². The molecule has 6 heteroatoms. The Bertz CT molecular complexity index is 1050. The maximum Gasteiger partial charge on any atom is 0.249 e. The third-order valence-electron chi connectivity index (χ3n) is 4.60. The number of rotatable bonds is 4. The number of furan rings is 1. The second kappa shape index (κ2) is 7.45. The van der Waals surface area contributed by atoms with E-state index in [4.69, 9.17) is 20.8 Å². The predicted molar refractivity (Wildman–Crippen MR) is 109 cm³/mol. The van der Waals surface area contributed by atoms with Crippen molar-refractivity contribution in [2.75, 3.05) is 12.4 Å². The Balaban J connectivity index is 1.99. The molecule has 0 aliphatic carbocycles. The second-order valence-electron chi connectivity index (χ2n) is 6.42. The van der Waals surface area contributed by atoms with Crippen molar-refractivity contribution in [1.29, 1.82) is 0 Å². The van der Waals surface area contributed by atoms with Crippen LogP contribution in [0.4, 0.5) is 5.82 Å². The highest BCUT2D eigenvalue weighted by atomic mass is 35.5. The molecule has 2 heterocycles. The topological polar surface area (TPSA) is 64.4 Å². The van der Waals surface area contributed by atoms with E-state index in [9.17, 15) is 4.79 Å². The zero-order valence-corrected chi connectivity index (χ0v) is 16.7. The molecule has 0 radical (unpaired) electrons. The van der Waals surface area contributed by atoms with Crippen molar-refractivity contribution in [1.82, 2.24) is 4.98 Å². The Labute approximate surface area is 163 Å². The lowest BCUT2D eigenvalue weighted by molar-refractivity contribution is -0.111. The summed E-state index contributed by atoms with van der Waals surface area (Å²) < 4.78 is 11.5. The number of carbonyl (C=O) groups is 1. The van der Waals surface area contributed by atoms with E-state index in [-0.39, 0.29) is 5.91 Å². The lowest BCUT2D eigenvalue weighted by Crippen LogP contribution is -2.10. The predicted octanol–water partition coefficient (Wildman–Crippen LogP) is 5.46. The molecule has 5 nitrogen and oxygen atoms in total. The van der Waals surface area contributed by atoms with E-state index in [0.717, 1.165) is 39.0 Å². The molecule has 140 valence electrons. The Hall–Kier alpha value is -2.79. The highest BCUT2D eigenvalue weighted by molar-refractivity contribution is 6.30. The summed E-state index contributed by atoms with van der Waals surface area (Å²) >= 11 is 5.81. The van der Waals surface area contributed by atoms with Crippen molar-refractivity contribution in [3.8, 4) is 5.75 Å². The van der Waals surface area contributed by atoms with Crippen LogP contribution >= 0.6 is 11.6 Å². The average molecular weight is 385 g/mol. The highest BCUT2D eigenvalue weighted by Gasteiger charge is 2.18. The van der Waals surface area contributed by atoms with Gasteiger partial charge in [0, 0.05) is 28.8 Å². The molecule has 0 fully saturated rings. The molecule has 0 unspecified atom stereocenters. The second-order valence-corrected chi connectivity index (χ2v) is 6.86. The Morgan fingerprint density at radius 2 is 2.00 bits per heavy atom. The van der Waals surface area contributed by atoms with Crippen LogP contribution in [-0.2, 0) is 4.79 Å².